The molecule has 2 heterocycles. The number of phenolic OH excluding ortho intramolecular Hbond substituents is 4. The van der Waals surface area contributed by atoms with Crippen LogP contribution in [0.5, 0.6) is 34.5 Å². The van der Waals surface area contributed by atoms with Crippen LogP contribution in [0.4, 0.5) is 0 Å². The first-order valence-electron chi connectivity index (χ1n) is 19.2. The molecule has 8 rings (SSSR count). The Morgan fingerprint density at radius 2 is 0.881 bits per heavy atom. The summed E-state index contributed by atoms with van der Waals surface area (Å²) in [4.78, 5) is 3.81. The Morgan fingerprint density at radius 3 is 1.27 bits per heavy atom. The van der Waals surface area contributed by atoms with Crippen LogP contribution in [0.1, 0.15) is 27.7 Å². The second-order valence-corrected chi connectivity index (χ2v) is 17.0. The zero-order valence-electron chi connectivity index (χ0n) is 32.8. The maximum absolute atomic E-state index is 10.6. The van der Waals surface area contributed by atoms with Gasteiger partial charge in [-0.25, -0.2) is 0 Å². The molecule has 300 valence electrons. The lowest BCUT2D eigenvalue weighted by Crippen LogP contribution is -2.16. The fraction of sp³-hybridized carbons (Fsp3) is 0.167. The van der Waals surface area contributed by atoms with Crippen LogP contribution in [-0.4, -0.2) is 46.2 Å². The predicted octanol–water partition coefficient (Wildman–Crippen LogP) is 13.3. The van der Waals surface area contributed by atoms with Gasteiger partial charge in [0.15, 0.2) is 12.6 Å². The van der Waals surface area contributed by atoms with Gasteiger partial charge < -0.3 is 39.4 Å². The first kappa shape index (κ1) is 40.1. The maximum atomic E-state index is 10.6. The van der Waals surface area contributed by atoms with Gasteiger partial charge in [0.1, 0.15) is 34.5 Å². The molecule has 4 N–H and O–H groups in total. The van der Waals surface area contributed by atoms with Gasteiger partial charge in [-0.05, 0) is 160 Å². The third-order valence-electron chi connectivity index (χ3n) is 9.67. The summed E-state index contributed by atoms with van der Waals surface area (Å²) in [6.45, 7) is 8.60. The molecule has 2 atom stereocenters. The van der Waals surface area contributed by atoms with Crippen LogP contribution < -0.4 is 9.47 Å². The fourth-order valence-electron chi connectivity index (χ4n) is 7.11. The van der Waals surface area contributed by atoms with Crippen LogP contribution in [0.3, 0.4) is 0 Å². The molecule has 0 saturated carbocycles. The predicted molar refractivity (Wildman–Crippen MR) is 240 cm³/mol. The molecular formula is C48H42O8S3. The average molecular weight is 843 g/mol. The van der Waals surface area contributed by atoms with Crippen molar-refractivity contribution < 1.29 is 39.4 Å². The number of benzene rings is 6. The van der Waals surface area contributed by atoms with E-state index in [0.717, 1.165) is 73.1 Å². The number of rotatable bonds is 14. The smallest absolute Gasteiger partial charge is 0.196 e. The molecular weight excluding hydrogens is 801 g/mol. The first-order chi connectivity index (χ1) is 28.6. The molecule has 8 nitrogen and oxygen atoms in total. The third kappa shape index (κ3) is 8.57. The molecule has 8 aromatic rings. The van der Waals surface area contributed by atoms with Crippen molar-refractivity contribution in [2.45, 2.75) is 50.1 Å². The number of ether oxygens (including phenoxy) is 4. The van der Waals surface area contributed by atoms with Gasteiger partial charge in [0.25, 0.3) is 0 Å². The third-order valence-corrected chi connectivity index (χ3v) is 13.2. The van der Waals surface area contributed by atoms with E-state index in [9.17, 15) is 20.4 Å². The molecule has 0 aliphatic carbocycles. The van der Waals surface area contributed by atoms with E-state index in [1.54, 1.807) is 83.0 Å². The second kappa shape index (κ2) is 17.3. The highest BCUT2D eigenvalue weighted by Gasteiger charge is 2.24. The minimum atomic E-state index is -0.484. The molecule has 59 heavy (non-hydrogen) atoms. The van der Waals surface area contributed by atoms with Crippen molar-refractivity contribution in [3.8, 4) is 77.6 Å². The van der Waals surface area contributed by atoms with Gasteiger partial charge in [-0.2, -0.15) is 0 Å². The zero-order valence-corrected chi connectivity index (χ0v) is 35.2. The normalized spacial score (nSPS) is 12.5. The van der Waals surface area contributed by atoms with E-state index in [4.69, 9.17) is 18.9 Å². The molecule has 0 fully saturated rings. The number of fused-ring (bicyclic) bond motifs is 2. The molecule has 0 radical (unpaired) electrons. The summed E-state index contributed by atoms with van der Waals surface area (Å²) in [7, 11) is 0. The van der Waals surface area contributed by atoms with E-state index in [0.29, 0.717) is 24.7 Å². The van der Waals surface area contributed by atoms with Gasteiger partial charge in [0.2, 0.25) is 0 Å². The summed E-state index contributed by atoms with van der Waals surface area (Å²) in [5.41, 5.74) is 5.57. The highest BCUT2D eigenvalue weighted by Crippen LogP contribution is 2.53. The number of hydrogen-bond acceptors (Lipinski definition) is 11. The standard InChI is InChI=1S/C48H42O8S3/c1-5-53-27(3)55-35-17-21-41(39(25-35)45-37-19-15-33(51)23-43(37)58-47(45)29-7-11-31(49)12-8-29)57-42-22-18-36(56-28(4)54-6-2)26-40(42)46-38-20-16-34(52)24-44(38)59-48(46)30-9-13-32(50)14-10-30/h7-28,49-52H,5-6H2,1-4H3. The summed E-state index contributed by atoms with van der Waals surface area (Å²) in [6.07, 6.45) is -0.969. The Morgan fingerprint density at radius 1 is 0.492 bits per heavy atom. The molecule has 2 aromatic heterocycles. The SMILES string of the molecule is CCOC(C)Oc1ccc(Sc2ccc(OC(C)OCC)cc2-c2c(-c3ccc(O)cc3)sc3cc(O)ccc23)c(-c2c(-c3ccc(O)cc3)sc3cc(O)ccc23)c1. The summed E-state index contributed by atoms with van der Waals surface area (Å²) < 4.78 is 26.0. The molecule has 0 amide bonds. The van der Waals surface area contributed by atoms with Crippen molar-refractivity contribution in [1.82, 2.24) is 0 Å². The van der Waals surface area contributed by atoms with Gasteiger partial charge in [-0.15, -0.1) is 22.7 Å². The summed E-state index contributed by atoms with van der Waals surface area (Å²) in [5.74, 6) is 1.95. The van der Waals surface area contributed by atoms with Gasteiger partial charge in [0, 0.05) is 75.2 Å². The van der Waals surface area contributed by atoms with E-state index in [1.165, 1.54) is 0 Å². The summed E-state index contributed by atoms with van der Waals surface area (Å²) >= 11 is 4.74. The van der Waals surface area contributed by atoms with Gasteiger partial charge in [0.05, 0.1) is 0 Å². The highest BCUT2D eigenvalue weighted by atomic mass is 32.2. The molecule has 0 aliphatic rings. The zero-order chi connectivity index (χ0) is 41.2. The minimum Gasteiger partial charge on any atom is -0.508 e. The fourth-order valence-corrected chi connectivity index (χ4v) is 10.7. The monoisotopic (exact) mass is 842 g/mol. The lowest BCUT2D eigenvalue weighted by molar-refractivity contribution is -0.0616. The van der Waals surface area contributed by atoms with Crippen LogP contribution in [0, 0.1) is 0 Å². The van der Waals surface area contributed by atoms with Gasteiger partial charge >= 0.3 is 0 Å². The van der Waals surface area contributed by atoms with Crippen molar-refractivity contribution in [3.05, 3.63) is 121 Å². The minimum absolute atomic E-state index is 0.170. The van der Waals surface area contributed by atoms with E-state index in [-0.39, 0.29) is 23.0 Å². The second-order valence-electron chi connectivity index (χ2n) is 13.8. The highest BCUT2D eigenvalue weighted by molar-refractivity contribution is 7.99. The van der Waals surface area contributed by atoms with Gasteiger partial charge in [-0.1, -0.05) is 11.8 Å². The molecule has 11 heteroatoms. The molecule has 2 unspecified atom stereocenters. The summed E-state index contributed by atoms with van der Waals surface area (Å²) in [5, 5.41) is 43.5. The molecule has 0 saturated heterocycles. The van der Waals surface area contributed by atoms with Crippen molar-refractivity contribution in [3.63, 3.8) is 0 Å². The largest absolute Gasteiger partial charge is 0.508 e. The van der Waals surface area contributed by atoms with Crippen molar-refractivity contribution >= 4 is 54.6 Å². The van der Waals surface area contributed by atoms with Crippen LogP contribution in [-0.2, 0) is 9.47 Å². The molecule has 0 aliphatic heterocycles. The number of aromatic hydroxyl groups is 4. The Balaban J connectivity index is 1.36. The maximum Gasteiger partial charge on any atom is 0.196 e. The topological polar surface area (TPSA) is 118 Å². The van der Waals surface area contributed by atoms with E-state index in [2.05, 4.69) is 12.1 Å². The van der Waals surface area contributed by atoms with E-state index >= 15 is 0 Å². The van der Waals surface area contributed by atoms with Crippen molar-refractivity contribution in [2.24, 2.45) is 0 Å². The van der Waals surface area contributed by atoms with Crippen LogP contribution in [0.15, 0.2) is 131 Å². The van der Waals surface area contributed by atoms with Crippen molar-refractivity contribution in [2.75, 3.05) is 13.2 Å². The molecule has 0 spiro atoms. The summed E-state index contributed by atoms with van der Waals surface area (Å²) in [6, 6.07) is 37.3. The lowest BCUT2D eigenvalue weighted by Gasteiger charge is -2.20. The van der Waals surface area contributed by atoms with Crippen LogP contribution in [0.25, 0.3) is 63.3 Å². The molecule has 6 aromatic carbocycles. The lowest BCUT2D eigenvalue weighted by atomic mass is 9.98. The van der Waals surface area contributed by atoms with Crippen LogP contribution >= 0.6 is 34.4 Å². The van der Waals surface area contributed by atoms with E-state index < -0.39 is 12.6 Å². The Hall–Kier alpha value is -5.69. The first-order valence-corrected chi connectivity index (χ1v) is 21.7. The number of phenols is 4. The Kier molecular flexibility index (Phi) is 11.7. The van der Waals surface area contributed by atoms with Crippen molar-refractivity contribution in [1.29, 1.82) is 0 Å². The van der Waals surface area contributed by atoms with Gasteiger partial charge in [-0.3, -0.25) is 0 Å². The average Bonchev–Trinajstić information content (AvgIpc) is 3.78. The molecule has 0 bridgehead atoms. The van der Waals surface area contributed by atoms with E-state index in [1.807, 2.05) is 88.4 Å². The quantitative estimate of drug-likeness (QED) is 0.0794. The number of hydrogen-bond donors (Lipinski definition) is 4. The van der Waals surface area contributed by atoms with Crippen LogP contribution in [0.2, 0.25) is 0 Å². The Labute approximate surface area is 354 Å². The number of thiophene rings is 2. The Bertz CT molecular complexity index is 2570.